The summed E-state index contributed by atoms with van der Waals surface area (Å²) in [6.07, 6.45) is 1.21. The third-order valence-corrected chi connectivity index (χ3v) is 3.36. The Morgan fingerprint density at radius 3 is 2.32 bits per heavy atom. The van der Waals surface area contributed by atoms with Crippen LogP contribution in [0.3, 0.4) is 0 Å². The van der Waals surface area contributed by atoms with Gasteiger partial charge in [-0.1, -0.05) is 36.9 Å². The molecule has 1 N–H and O–H groups in total. The van der Waals surface area contributed by atoms with Crippen molar-refractivity contribution in [1.82, 2.24) is 0 Å². The second kappa shape index (κ2) is 9.00. The number of unbranched alkanes of at least 4 members (excludes halogenated alkanes) is 1. The van der Waals surface area contributed by atoms with E-state index in [1.54, 1.807) is 30.3 Å². The molecular weight excluding hydrogens is 308 g/mol. The Bertz CT molecular complexity index is 553. The number of carbonyl (C=O) groups is 3. The summed E-state index contributed by atoms with van der Waals surface area (Å²) in [7, 11) is 0. The molecule has 0 spiro atoms. The summed E-state index contributed by atoms with van der Waals surface area (Å²) in [4.78, 5) is 33.8. The molecule has 1 rings (SSSR count). The maximum Gasteiger partial charge on any atom is 0.336 e. The van der Waals surface area contributed by atoms with Crippen molar-refractivity contribution in [1.29, 1.82) is 0 Å². The van der Waals surface area contributed by atoms with Gasteiger partial charge in [0.2, 0.25) is 0 Å². The van der Waals surface area contributed by atoms with E-state index in [9.17, 15) is 14.4 Å². The number of benzene rings is 1. The minimum atomic E-state index is -1.05. The highest BCUT2D eigenvalue weighted by Crippen LogP contribution is 2.21. The smallest absolute Gasteiger partial charge is 0.336 e. The number of carboxylic acid groups (broad SMARTS) is 1. The molecule has 0 aliphatic rings. The van der Waals surface area contributed by atoms with Crippen molar-refractivity contribution in [3.8, 4) is 0 Å². The Kier molecular flexibility index (Phi) is 7.32. The molecule has 0 amide bonds. The monoisotopic (exact) mass is 324 g/mol. The van der Waals surface area contributed by atoms with E-state index in [1.165, 1.54) is 0 Å². The van der Waals surface area contributed by atoms with Gasteiger partial charge in [-0.05, 0) is 24.8 Å². The fraction of sp³-hybridized carbons (Fsp3) is 0.312. The van der Waals surface area contributed by atoms with Crippen LogP contribution in [0.5, 0.6) is 0 Å². The summed E-state index contributed by atoms with van der Waals surface area (Å²) < 4.78 is 4.67. The number of carboxylic acids is 1. The first kappa shape index (κ1) is 17.9. The number of aliphatic carboxylic acids is 1. The maximum atomic E-state index is 11.7. The molecule has 0 saturated heterocycles. The number of esters is 2. The van der Waals surface area contributed by atoms with E-state index < -0.39 is 23.3 Å². The van der Waals surface area contributed by atoms with Gasteiger partial charge in [0.1, 0.15) is 0 Å². The van der Waals surface area contributed by atoms with E-state index in [2.05, 4.69) is 11.3 Å². The number of halogens is 1. The molecule has 0 radical (unpaired) electrons. The van der Waals surface area contributed by atoms with Crippen molar-refractivity contribution < 1.29 is 24.2 Å². The molecule has 22 heavy (non-hydrogen) atoms. The van der Waals surface area contributed by atoms with Gasteiger partial charge in [0.25, 0.3) is 0 Å². The average Bonchev–Trinajstić information content (AvgIpc) is 2.51. The molecule has 0 saturated carbocycles. The summed E-state index contributed by atoms with van der Waals surface area (Å²) in [5, 5.41) is 7.60. The lowest BCUT2D eigenvalue weighted by atomic mass is 10.1. The molecule has 5 nitrogen and oxygen atoms in total. The zero-order valence-corrected chi connectivity index (χ0v) is 12.7. The van der Waals surface area contributed by atoms with Crippen LogP contribution in [-0.4, -0.2) is 23.0 Å². The van der Waals surface area contributed by atoms with Crippen LogP contribution in [0, 0.1) is 0 Å². The normalized spacial score (nSPS) is 11.5. The van der Waals surface area contributed by atoms with Gasteiger partial charge < -0.3 is 9.84 Å². The molecule has 0 aliphatic heterocycles. The first-order valence-electron chi connectivity index (χ1n) is 6.76. The maximum absolute atomic E-state index is 11.7. The Hall–Kier alpha value is -2.14. The predicted molar refractivity (Wildman–Crippen MR) is 81.4 cm³/mol. The largest absolute Gasteiger partial charge is 0.478 e. The first-order valence-corrected chi connectivity index (χ1v) is 7.20. The van der Waals surface area contributed by atoms with Crippen molar-refractivity contribution in [2.45, 2.75) is 31.1 Å². The predicted octanol–water partition coefficient (Wildman–Crippen LogP) is 3.24. The van der Waals surface area contributed by atoms with Gasteiger partial charge in [0, 0.05) is 12.0 Å². The second-order valence-corrected chi connectivity index (χ2v) is 5.12. The Morgan fingerprint density at radius 1 is 1.14 bits per heavy atom. The lowest BCUT2D eigenvalue weighted by Gasteiger charge is -2.08. The summed E-state index contributed by atoms with van der Waals surface area (Å²) in [6, 6.07) is 8.58. The highest BCUT2D eigenvalue weighted by Gasteiger charge is 2.21. The van der Waals surface area contributed by atoms with E-state index >= 15 is 0 Å². The summed E-state index contributed by atoms with van der Waals surface area (Å²) >= 11 is 5.93. The van der Waals surface area contributed by atoms with E-state index in [0.717, 1.165) is 0 Å². The van der Waals surface area contributed by atoms with Crippen LogP contribution in [0.2, 0.25) is 0 Å². The molecule has 0 heterocycles. The summed E-state index contributed by atoms with van der Waals surface area (Å²) in [6.45, 7) is 3.39. The zero-order valence-electron chi connectivity index (χ0n) is 12.0. The number of hydrogen-bond donors (Lipinski definition) is 1. The van der Waals surface area contributed by atoms with E-state index in [0.29, 0.717) is 24.8 Å². The number of alkyl halides is 1. The molecule has 1 aromatic carbocycles. The van der Waals surface area contributed by atoms with Crippen LogP contribution in [-0.2, 0) is 19.1 Å². The Labute approximate surface area is 133 Å². The van der Waals surface area contributed by atoms with E-state index in [-0.39, 0.29) is 12.0 Å². The number of carbonyl (C=O) groups excluding carboxylic acids is 2. The zero-order chi connectivity index (χ0) is 16.5. The Balaban J connectivity index is 2.31. The fourth-order valence-electron chi connectivity index (χ4n) is 1.69. The fourth-order valence-corrected chi connectivity index (χ4v) is 1.88. The standard InChI is InChI=1S/C16H17ClO5/c1-11(15(19)20)7-5-6-10-13(18)22-16(21)14(17)12-8-3-2-4-9-12/h2-4,8-9,14H,1,5-7,10H2,(H,19,20). The highest BCUT2D eigenvalue weighted by molar-refractivity contribution is 6.30. The van der Waals surface area contributed by atoms with E-state index in [4.69, 9.17) is 16.7 Å². The molecule has 1 atom stereocenters. The molecule has 118 valence electrons. The Morgan fingerprint density at radius 2 is 1.73 bits per heavy atom. The second-order valence-electron chi connectivity index (χ2n) is 4.68. The van der Waals surface area contributed by atoms with Crippen molar-refractivity contribution in [3.63, 3.8) is 0 Å². The van der Waals surface area contributed by atoms with Gasteiger partial charge in [0.15, 0.2) is 5.38 Å². The molecule has 0 aliphatic carbocycles. The lowest BCUT2D eigenvalue weighted by molar-refractivity contribution is -0.159. The van der Waals surface area contributed by atoms with Crippen molar-refractivity contribution in [2.24, 2.45) is 0 Å². The van der Waals surface area contributed by atoms with Crippen molar-refractivity contribution in [3.05, 3.63) is 48.0 Å². The van der Waals surface area contributed by atoms with Gasteiger partial charge >= 0.3 is 17.9 Å². The quantitative estimate of drug-likeness (QED) is 0.261. The van der Waals surface area contributed by atoms with Crippen LogP contribution < -0.4 is 0 Å². The summed E-state index contributed by atoms with van der Waals surface area (Å²) in [5.74, 6) is -2.54. The molecule has 1 aromatic rings. The lowest BCUT2D eigenvalue weighted by Crippen LogP contribution is -2.16. The van der Waals surface area contributed by atoms with Crippen LogP contribution >= 0.6 is 11.6 Å². The molecular formula is C16H17ClO5. The van der Waals surface area contributed by atoms with Crippen LogP contribution in [0.1, 0.15) is 36.6 Å². The molecule has 0 bridgehead atoms. The minimum Gasteiger partial charge on any atom is -0.478 e. The van der Waals surface area contributed by atoms with Crippen LogP contribution in [0.15, 0.2) is 42.5 Å². The number of hydrogen-bond acceptors (Lipinski definition) is 4. The highest BCUT2D eigenvalue weighted by atomic mass is 35.5. The molecule has 0 fully saturated rings. The SMILES string of the molecule is C=C(CCCCC(=O)OC(=O)C(Cl)c1ccccc1)C(=O)O. The van der Waals surface area contributed by atoms with E-state index in [1.807, 2.05) is 0 Å². The third kappa shape index (κ3) is 6.10. The third-order valence-electron chi connectivity index (χ3n) is 2.93. The first-order chi connectivity index (χ1) is 10.4. The molecule has 1 unspecified atom stereocenters. The van der Waals surface area contributed by atoms with Crippen LogP contribution in [0.25, 0.3) is 0 Å². The van der Waals surface area contributed by atoms with Crippen molar-refractivity contribution in [2.75, 3.05) is 0 Å². The number of rotatable bonds is 8. The molecule has 6 heteroatoms. The topological polar surface area (TPSA) is 80.7 Å². The number of ether oxygens (including phenoxy) is 1. The van der Waals surface area contributed by atoms with Gasteiger partial charge in [0.05, 0.1) is 0 Å². The molecule has 0 aromatic heterocycles. The van der Waals surface area contributed by atoms with Gasteiger partial charge in [-0.2, -0.15) is 0 Å². The summed E-state index contributed by atoms with van der Waals surface area (Å²) in [5.41, 5.74) is 0.647. The minimum absolute atomic E-state index is 0.0248. The van der Waals surface area contributed by atoms with Gasteiger partial charge in [-0.25, -0.2) is 9.59 Å². The van der Waals surface area contributed by atoms with Crippen molar-refractivity contribution >= 4 is 29.5 Å². The van der Waals surface area contributed by atoms with Gasteiger partial charge in [-0.15, -0.1) is 11.6 Å². The van der Waals surface area contributed by atoms with Crippen LogP contribution in [0.4, 0.5) is 0 Å². The average molecular weight is 325 g/mol. The van der Waals surface area contributed by atoms with Gasteiger partial charge in [-0.3, -0.25) is 4.79 Å².